The van der Waals surface area contributed by atoms with Gasteiger partial charge in [0.05, 0.1) is 36.2 Å². The number of carboxylic acid groups (broad SMARTS) is 1. The zero-order chi connectivity index (χ0) is 53.4. The van der Waals surface area contributed by atoms with Crippen molar-refractivity contribution in [1.29, 1.82) is 0 Å². The lowest BCUT2D eigenvalue weighted by atomic mass is 10.00. The Morgan fingerprint density at radius 2 is 0.975 bits per heavy atom. The fraction of sp³-hybridized carbons (Fsp3) is 0.469. The molecule has 6 aromatic carbocycles. The molecule has 0 spiro atoms. The average molecular weight is 1090 g/mol. The topological polar surface area (TPSA) is 164 Å². The Bertz CT molecular complexity index is 2940. The molecule has 0 unspecified atom stereocenters. The monoisotopic (exact) mass is 1090 g/mol. The molecule has 0 bridgehead atoms. The predicted octanol–water partition coefficient (Wildman–Crippen LogP) is 10.8. The summed E-state index contributed by atoms with van der Waals surface area (Å²) < 4.78 is 38.2. The Morgan fingerprint density at radius 1 is 0.557 bits per heavy atom. The number of aliphatic hydroxyl groups is 2. The van der Waals surface area contributed by atoms with E-state index in [0.717, 1.165) is 146 Å². The summed E-state index contributed by atoms with van der Waals surface area (Å²) in [6.45, 7) is 8.30. The first-order chi connectivity index (χ1) is 37.4. The van der Waals surface area contributed by atoms with Crippen LogP contribution in [0.5, 0.6) is 11.5 Å². The number of carbonyl (C=O) groups excluding carboxylic acids is 1. The van der Waals surface area contributed by atoms with Gasteiger partial charge in [-0.3, -0.25) is 9.59 Å². The van der Waals surface area contributed by atoms with Crippen LogP contribution in [0.2, 0.25) is 0 Å². The maximum absolute atomic E-state index is 13.6. The number of fused-ring (bicyclic) bond motifs is 2. The Morgan fingerprint density at radius 3 is 1.43 bits per heavy atom. The van der Waals surface area contributed by atoms with E-state index in [-0.39, 0.29) is 57.7 Å². The third kappa shape index (κ3) is 15.9. The minimum absolute atomic E-state index is 0. The first-order valence-corrected chi connectivity index (χ1v) is 27.9. The Hall–Kier alpha value is -6.36. The molecule has 0 radical (unpaired) electrons. The second-order valence-corrected chi connectivity index (χ2v) is 22.0. The molecule has 0 aromatic heterocycles. The van der Waals surface area contributed by atoms with Crippen molar-refractivity contribution >= 4 is 44.8 Å². The minimum atomic E-state index is -0.798. The molecule has 4 heterocycles. The molecule has 6 N–H and O–H groups in total. The van der Waals surface area contributed by atoms with Crippen molar-refractivity contribution in [2.75, 3.05) is 75.2 Å². The summed E-state index contributed by atoms with van der Waals surface area (Å²) in [7, 11) is 0. The number of nitrogens with one attached hydrogen (secondary N) is 1. The number of aliphatic carboxylic acids is 1. The number of hydrogen-bond donors (Lipinski definition) is 5. The number of amides is 1. The van der Waals surface area contributed by atoms with Crippen molar-refractivity contribution < 1.29 is 44.6 Å². The van der Waals surface area contributed by atoms with Crippen molar-refractivity contribution in [3.8, 4) is 11.5 Å². The number of carboxylic acids is 1. The molecule has 1 amide bonds. The van der Waals surface area contributed by atoms with Gasteiger partial charge in [-0.1, -0.05) is 63.4 Å². The average Bonchev–Trinajstić information content (AvgIpc) is 4.04. The zero-order valence-corrected chi connectivity index (χ0v) is 43.9. The van der Waals surface area contributed by atoms with E-state index in [1.54, 1.807) is 18.2 Å². The quantitative estimate of drug-likeness (QED) is 0.0588. The molecule has 13 nitrogen and oxygen atoms in total. The summed E-state index contributed by atoms with van der Waals surface area (Å²) >= 11 is 0. The highest BCUT2D eigenvalue weighted by Crippen LogP contribution is 2.33. The number of nitrogens with zero attached hydrogens (tertiary/aromatic N) is 4. The number of ether oxygens (including phenoxy) is 2. The molecule has 4 aliphatic heterocycles. The van der Waals surface area contributed by atoms with Gasteiger partial charge in [0, 0.05) is 58.1 Å². The molecular weight excluding hydrogens is 1000 g/mol. The van der Waals surface area contributed by atoms with Crippen molar-refractivity contribution in [3.05, 3.63) is 144 Å². The third-order valence-corrected chi connectivity index (χ3v) is 15.9. The highest BCUT2D eigenvalue weighted by Gasteiger charge is 2.34. The molecule has 426 valence electrons. The van der Waals surface area contributed by atoms with Crippen LogP contribution in [0, 0.1) is 23.5 Å². The molecule has 6 atom stereocenters. The van der Waals surface area contributed by atoms with E-state index < -0.39 is 18.2 Å². The first kappa shape index (κ1) is 58.8. The van der Waals surface area contributed by atoms with Gasteiger partial charge in [-0.05, 0) is 196 Å². The van der Waals surface area contributed by atoms with Crippen LogP contribution in [-0.4, -0.2) is 127 Å². The number of benzene rings is 6. The summed E-state index contributed by atoms with van der Waals surface area (Å²) in [5.74, 6) is 0.0526. The number of nitrogens with two attached hydrogens (primary N) is 1. The molecule has 6 fully saturated rings. The zero-order valence-electron chi connectivity index (χ0n) is 43.9. The molecule has 4 saturated heterocycles. The highest BCUT2D eigenvalue weighted by atomic mass is 19.1. The standard InChI is InChI=1S/C31H36FN3O3.C16H24N2O2.C15H14FNO2.2CH4.H2/c32-25-7-3-23-18-26(8-4-22(23)17-25)35-16-13-24(19-35)31(37)33-29(20-34-14-1-2-15-34)30(36)21-5-9-27(10-6-21)38-28-11-12-28;17-15(11-18-9-1-2-10-18)16(19)12-3-5-13(6-4-12)20-14-7-8-14;16-13-3-1-11-8-14(4-2-10(11)7-13)17-6-5-12(9-17)15(18)19;;;/h3-10,17-18,24,28-30,36H,1-2,11-16,19-20H2,(H,33,37);3-6,14-16,19H,1-2,7-11,17H2;1-4,7-8,12H,5-6,9H2,(H,18,19);2*1H4;1H/t24-,29-,30-;15-,16-;12-;;;/m111.../s1. The van der Waals surface area contributed by atoms with Gasteiger partial charge >= 0.3 is 5.97 Å². The molecular formula is C64H84F2N6O7. The van der Waals surface area contributed by atoms with Gasteiger partial charge in [-0.2, -0.15) is 0 Å². The maximum atomic E-state index is 13.6. The second kappa shape index (κ2) is 27.2. The van der Waals surface area contributed by atoms with Crippen molar-refractivity contribution in [2.45, 2.75) is 116 Å². The van der Waals surface area contributed by atoms with Crippen molar-refractivity contribution in [1.82, 2.24) is 15.1 Å². The number of hydrogen-bond acceptors (Lipinski definition) is 11. The van der Waals surface area contributed by atoms with Gasteiger partial charge in [0.15, 0.2) is 0 Å². The summed E-state index contributed by atoms with van der Waals surface area (Å²) in [6, 6.07) is 36.0. The Kier molecular flexibility index (Phi) is 20.2. The number of aliphatic hydroxyl groups excluding tert-OH is 2. The summed E-state index contributed by atoms with van der Waals surface area (Å²) in [4.78, 5) is 33.4. The van der Waals surface area contributed by atoms with Crippen LogP contribution >= 0.6 is 0 Å². The fourth-order valence-electron chi connectivity index (χ4n) is 11.1. The predicted molar refractivity (Wildman–Crippen MR) is 313 cm³/mol. The van der Waals surface area contributed by atoms with E-state index in [1.165, 1.54) is 31.0 Å². The van der Waals surface area contributed by atoms with E-state index in [9.17, 15) is 28.6 Å². The largest absolute Gasteiger partial charge is 0.490 e. The molecule has 15 heteroatoms. The molecule has 6 aromatic rings. The van der Waals surface area contributed by atoms with Crippen LogP contribution in [0.15, 0.2) is 121 Å². The van der Waals surface area contributed by atoms with Gasteiger partial charge in [0.25, 0.3) is 0 Å². The minimum Gasteiger partial charge on any atom is -0.490 e. The van der Waals surface area contributed by atoms with Gasteiger partial charge in [-0.25, -0.2) is 8.78 Å². The lowest BCUT2D eigenvalue weighted by Crippen LogP contribution is -2.48. The Labute approximate surface area is 466 Å². The van der Waals surface area contributed by atoms with E-state index in [2.05, 4.69) is 31.0 Å². The van der Waals surface area contributed by atoms with Crippen LogP contribution in [-0.2, 0) is 9.59 Å². The fourth-order valence-corrected chi connectivity index (χ4v) is 11.1. The third-order valence-electron chi connectivity index (χ3n) is 15.9. The molecule has 2 saturated carbocycles. The number of rotatable bonds is 17. The SMILES string of the molecule is C.C.N[C@H](CN1CCCC1)[C@H](O)c1ccc(OC2CC2)cc1.O=C(N[C@H](CN1CCCC1)[C@H](O)c1ccc(OC2CC2)cc1)[C@@H]1CCN(c2ccc3cc(F)ccc3c2)C1.O=C(O)[C@@H]1CCN(c2ccc3cc(F)ccc3c2)C1.[HH]. The van der Waals surface area contributed by atoms with Crippen LogP contribution in [0.1, 0.15) is 104 Å². The second-order valence-electron chi connectivity index (χ2n) is 22.0. The number of halogens is 2. The van der Waals surface area contributed by atoms with Crippen molar-refractivity contribution in [2.24, 2.45) is 17.6 Å². The lowest BCUT2D eigenvalue weighted by Gasteiger charge is -2.30. The van der Waals surface area contributed by atoms with Crippen LogP contribution in [0.4, 0.5) is 20.2 Å². The molecule has 6 aliphatic rings. The van der Waals surface area contributed by atoms with Gasteiger partial charge in [0.2, 0.25) is 5.91 Å². The maximum Gasteiger partial charge on any atom is 0.308 e. The van der Waals surface area contributed by atoms with E-state index in [4.69, 9.17) is 20.3 Å². The highest BCUT2D eigenvalue weighted by molar-refractivity contribution is 5.87. The van der Waals surface area contributed by atoms with Crippen LogP contribution in [0.25, 0.3) is 21.5 Å². The van der Waals surface area contributed by atoms with E-state index in [0.29, 0.717) is 38.3 Å². The van der Waals surface area contributed by atoms with Gasteiger partial charge in [-0.15, -0.1) is 0 Å². The number of likely N-dealkylation sites (tertiary alicyclic amines) is 2. The van der Waals surface area contributed by atoms with Crippen LogP contribution in [0.3, 0.4) is 0 Å². The number of anilines is 2. The summed E-state index contributed by atoms with van der Waals surface area (Å²) in [6.07, 6.45) is 10.1. The normalized spacial score (nSPS) is 20.7. The van der Waals surface area contributed by atoms with E-state index in [1.807, 2.05) is 78.9 Å². The van der Waals surface area contributed by atoms with E-state index >= 15 is 0 Å². The molecule has 2 aliphatic carbocycles. The lowest BCUT2D eigenvalue weighted by molar-refractivity contribution is -0.141. The van der Waals surface area contributed by atoms with Gasteiger partial charge < -0.3 is 55.4 Å². The Balaban J connectivity index is 0.000000186. The van der Waals surface area contributed by atoms with Gasteiger partial charge in [0.1, 0.15) is 29.2 Å². The summed E-state index contributed by atoms with van der Waals surface area (Å²) in [5.41, 5.74) is 9.85. The number of carbonyl (C=O) groups is 2. The summed E-state index contributed by atoms with van der Waals surface area (Å²) in [5, 5.41) is 37.6. The van der Waals surface area contributed by atoms with Crippen LogP contribution < -0.4 is 30.3 Å². The molecule has 12 rings (SSSR count). The molecule has 79 heavy (non-hydrogen) atoms. The van der Waals surface area contributed by atoms with Crippen molar-refractivity contribution in [3.63, 3.8) is 0 Å². The first-order valence-electron chi connectivity index (χ1n) is 27.9. The smallest absolute Gasteiger partial charge is 0.308 e.